The van der Waals surface area contributed by atoms with Crippen molar-refractivity contribution >= 4 is 54.3 Å². The second kappa shape index (κ2) is 11.0. The number of para-hydroxylation sites is 1. The summed E-state index contributed by atoms with van der Waals surface area (Å²) in [6, 6.07) is 56.9. The number of fused-ring (bicyclic) bond motifs is 7. The van der Waals surface area contributed by atoms with Crippen molar-refractivity contribution < 1.29 is 4.42 Å². The molecule has 0 N–H and O–H groups in total. The molecule has 228 valence electrons. The fraction of sp³-hybridized carbons (Fsp3) is 0. The lowest BCUT2D eigenvalue weighted by Gasteiger charge is -2.12. The minimum Gasteiger partial charge on any atom is -0.455 e. The first kappa shape index (κ1) is 27.5. The molecule has 0 aliphatic carbocycles. The summed E-state index contributed by atoms with van der Waals surface area (Å²) in [5.74, 6) is 1.85. The van der Waals surface area contributed by atoms with Gasteiger partial charge in [0.25, 0.3) is 0 Å². The predicted octanol–water partition coefficient (Wildman–Crippen LogP) is 11.9. The Morgan fingerprint density at radius 2 is 1.00 bits per heavy atom. The maximum absolute atomic E-state index is 6.64. The number of rotatable bonds is 4. The molecule has 0 fully saturated rings. The predicted molar refractivity (Wildman–Crippen MR) is 201 cm³/mol. The highest BCUT2D eigenvalue weighted by Gasteiger charge is 2.21. The van der Waals surface area contributed by atoms with Gasteiger partial charge in [-0.25, -0.2) is 15.0 Å². The zero-order valence-corrected chi connectivity index (χ0v) is 26.3. The Balaban J connectivity index is 1.30. The average molecular weight is 626 g/mol. The van der Waals surface area contributed by atoms with Crippen LogP contribution in [0.4, 0.5) is 0 Å². The van der Waals surface area contributed by atoms with Gasteiger partial charge in [-0.15, -0.1) is 0 Å². The summed E-state index contributed by atoms with van der Waals surface area (Å²) < 4.78 is 6.64. The molecule has 2 aromatic heterocycles. The number of furan rings is 1. The van der Waals surface area contributed by atoms with Crippen molar-refractivity contribution in [3.8, 4) is 45.3 Å². The van der Waals surface area contributed by atoms with E-state index in [1.807, 2.05) is 18.2 Å². The SMILES string of the molecule is c1ccc(-c2ccc3c(c2)cc(-c2nc(-c4ccc5ccccc5c4)nc(-c4cccc5ccccc45)n2)c2c4ccccc4oc32)cc1. The molecule has 49 heavy (non-hydrogen) atoms. The summed E-state index contributed by atoms with van der Waals surface area (Å²) in [7, 11) is 0. The normalized spacial score (nSPS) is 11.7. The number of benzene rings is 8. The minimum atomic E-state index is 0.602. The molecule has 4 nitrogen and oxygen atoms in total. The summed E-state index contributed by atoms with van der Waals surface area (Å²) in [6.07, 6.45) is 0. The van der Waals surface area contributed by atoms with Crippen molar-refractivity contribution in [2.75, 3.05) is 0 Å². The highest BCUT2D eigenvalue weighted by molar-refractivity contribution is 6.21. The molecule has 10 rings (SSSR count). The van der Waals surface area contributed by atoms with Crippen molar-refractivity contribution in [1.29, 1.82) is 0 Å². The van der Waals surface area contributed by atoms with Crippen molar-refractivity contribution in [1.82, 2.24) is 15.0 Å². The van der Waals surface area contributed by atoms with Crippen molar-refractivity contribution in [3.63, 3.8) is 0 Å². The van der Waals surface area contributed by atoms with Crippen LogP contribution in [0.2, 0.25) is 0 Å². The van der Waals surface area contributed by atoms with Gasteiger partial charge in [-0.05, 0) is 68.4 Å². The third-order valence-electron chi connectivity index (χ3n) is 9.48. The summed E-state index contributed by atoms with van der Waals surface area (Å²) in [6.45, 7) is 0. The second-order valence-electron chi connectivity index (χ2n) is 12.4. The van der Waals surface area contributed by atoms with Crippen molar-refractivity contribution in [2.45, 2.75) is 0 Å². The van der Waals surface area contributed by atoms with Gasteiger partial charge >= 0.3 is 0 Å². The summed E-state index contributed by atoms with van der Waals surface area (Å²) in [5, 5.41) is 8.67. The molecule has 0 aliphatic rings. The molecule has 0 unspecified atom stereocenters. The smallest absolute Gasteiger partial charge is 0.164 e. The molecule has 0 aliphatic heterocycles. The van der Waals surface area contributed by atoms with Crippen LogP contribution >= 0.6 is 0 Å². The van der Waals surface area contributed by atoms with Gasteiger partial charge in [0, 0.05) is 32.8 Å². The molecule has 8 aromatic carbocycles. The molecule has 0 atom stereocenters. The first-order chi connectivity index (χ1) is 24.3. The van der Waals surface area contributed by atoms with Gasteiger partial charge in [0.2, 0.25) is 0 Å². The van der Waals surface area contributed by atoms with Crippen LogP contribution in [0.15, 0.2) is 168 Å². The Kier molecular flexibility index (Phi) is 6.15. The fourth-order valence-electron chi connectivity index (χ4n) is 7.10. The quantitative estimate of drug-likeness (QED) is 0.195. The zero-order valence-electron chi connectivity index (χ0n) is 26.3. The highest BCUT2D eigenvalue weighted by atomic mass is 16.3. The molecule has 10 aromatic rings. The Bertz CT molecular complexity index is 2890. The van der Waals surface area contributed by atoms with E-state index >= 15 is 0 Å². The van der Waals surface area contributed by atoms with E-state index in [0.717, 1.165) is 76.7 Å². The van der Waals surface area contributed by atoms with Crippen LogP contribution in [0.1, 0.15) is 0 Å². The van der Waals surface area contributed by atoms with Crippen molar-refractivity contribution in [3.05, 3.63) is 164 Å². The van der Waals surface area contributed by atoms with Gasteiger partial charge in [0.05, 0.1) is 0 Å². The van der Waals surface area contributed by atoms with E-state index < -0.39 is 0 Å². The summed E-state index contributed by atoms with van der Waals surface area (Å²) >= 11 is 0. The molecule has 0 bridgehead atoms. The molecule has 0 spiro atoms. The monoisotopic (exact) mass is 625 g/mol. The Hall–Kier alpha value is -6.65. The van der Waals surface area contributed by atoms with E-state index in [1.54, 1.807) is 0 Å². The topological polar surface area (TPSA) is 51.8 Å². The lowest BCUT2D eigenvalue weighted by molar-refractivity contribution is 0.672. The van der Waals surface area contributed by atoms with E-state index in [-0.39, 0.29) is 0 Å². The Morgan fingerprint density at radius 1 is 0.347 bits per heavy atom. The summed E-state index contributed by atoms with van der Waals surface area (Å²) in [4.78, 5) is 15.7. The van der Waals surface area contributed by atoms with Gasteiger partial charge < -0.3 is 4.42 Å². The third-order valence-corrected chi connectivity index (χ3v) is 9.48. The van der Waals surface area contributed by atoms with Crippen molar-refractivity contribution in [2.24, 2.45) is 0 Å². The molecule has 0 radical (unpaired) electrons. The first-order valence-corrected chi connectivity index (χ1v) is 16.4. The Labute approximate surface area is 282 Å². The van der Waals surface area contributed by atoms with Crippen LogP contribution in [0.25, 0.3) is 99.5 Å². The summed E-state index contributed by atoms with van der Waals surface area (Å²) in [5.41, 5.74) is 6.76. The maximum atomic E-state index is 6.64. The van der Waals surface area contributed by atoms with Crippen LogP contribution in [-0.4, -0.2) is 15.0 Å². The van der Waals surface area contributed by atoms with Crippen LogP contribution in [0.5, 0.6) is 0 Å². The van der Waals surface area contributed by atoms with E-state index in [0.29, 0.717) is 17.5 Å². The van der Waals surface area contributed by atoms with Gasteiger partial charge in [-0.2, -0.15) is 0 Å². The van der Waals surface area contributed by atoms with Gasteiger partial charge in [-0.1, -0.05) is 133 Å². The minimum absolute atomic E-state index is 0.602. The molecule has 4 heteroatoms. The standard InChI is InChI=1S/C45H27N3O/c1-2-11-28(12-3-1)32-23-24-36-34(26-32)27-39(41-38-18-8-9-20-40(38)49-42(36)41)45-47-43(33-22-21-29-13-4-5-15-31(29)25-33)46-44(48-45)37-19-10-16-30-14-6-7-17-35(30)37/h1-27H. The molecule has 0 saturated carbocycles. The van der Waals surface area contributed by atoms with Crippen LogP contribution < -0.4 is 0 Å². The van der Waals surface area contributed by atoms with E-state index in [2.05, 4.69) is 146 Å². The number of aromatic nitrogens is 3. The lowest BCUT2D eigenvalue weighted by atomic mass is 9.96. The highest BCUT2D eigenvalue weighted by Crippen LogP contribution is 2.42. The number of hydrogen-bond acceptors (Lipinski definition) is 4. The molecular weight excluding hydrogens is 599 g/mol. The van der Waals surface area contributed by atoms with Gasteiger partial charge in [0.1, 0.15) is 11.2 Å². The number of hydrogen-bond donors (Lipinski definition) is 0. The van der Waals surface area contributed by atoms with Gasteiger partial charge in [0.15, 0.2) is 17.5 Å². The van der Waals surface area contributed by atoms with Gasteiger partial charge in [-0.3, -0.25) is 0 Å². The molecule has 2 heterocycles. The largest absolute Gasteiger partial charge is 0.455 e. The van der Waals surface area contributed by atoms with E-state index in [1.165, 1.54) is 5.39 Å². The average Bonchev–Trinajstić information content (AvgIpc) is 3.57. The zero-order chi connectivity index (χ0) is 32.3. The molecular formula is C45H27N3O. The van der Waals surface area contributed by atoms with Crippen LogP contribution in [0.3, 0.4) is 0 Å². The van der Waals surface area contributed by atoms with Crippen LogP contribution in [0, 0.1) is 0 Å². The second-order valence-corrected chi connectivity index (χ2v) is 12.4. The third kappa shape index (κ3) is 4.57. The molecule has 0 saturated heterocycles. The number of nitrogens with zero attached hydrogens (tertiary/aromatic N) is 3. The molecule has 0 amide bonds. The Morgan fingerprint density at radius 3 is 1.88 bits per heavy atom. The van der Waals surface area contributed by atoms with E-state index in [9.17, 15) is 0 Å². The van der Waals surface area contributed by atoms with Crippen LogP contribution in [-0.2, 0) is 0 Å². The van der Waals surface area contributed by atoms with E-state index in [4.69, 9.17) is 19.4 Å². The first-order valence-electron chi connectivity index (χ1n) is 16.4. The lowest BCUT2D eigenvalue weighted by Crippen LogP contribution is -2.01. The maximum Gasteiger partial charge on any atom is 0.164 e. The fourth-order valence-corrected chi connectivity index (χ4v) is 7.10.